The maximum atomic E-state index is 13.2. The molecule has 2 heterocycles. The Bertz CT molecular complexity index is 970. The second-order valence-corrected chi connectivity index (χ2v) is 7.46. The summed E-state index contributed by atoms with van der Waals surface area (Å²) in [5, 5.41) is 33.4. The Kier molecular flexibility index (Phi) is 4.25. The zero-order valence-electron chi connectivity index (χ0n) is 15.1. The smallest absolute Gasteiger partial charge is 0.143 e. The van der Waals surface area contributed by atoms with Gasteiger partial charge in [-0.05, 0) is 44.0 Å². The quantitative estimate of drug-likeness (QED) is 0.656. The molecular weight excluding hydrogens is 349 g/mol. The van der Waals surface area contributed by atoms with Crippen LogP contribution >= 0.6 is 0 Å². The van der Waals surface area contributed by atoms with Crippen molar-refractivity contribution in [2.75, 3.05) is 0 Å². The molecule has 142 valence electrons. The number of aliphatic hydroxyl groups is 3. The number of hydrogen-bond acceptors (Lipinski definition) is 5. The van der Waals surface area contributed by atoms with Crippen LogP contribution < -0.4 is 0 Å². The Labute approximate surface area is 155 Å². The number of aromatic nitrogens is 3. The van der Waals surface area contributed by atoms with Gasteiger partial charge < -0.3 is 19.9 Å². The molecule has 1 aromatic carbocycles. The lowest BCUT2D eigenvalue weighted by Crippen LogP contribution is -2.40. The van der Waals surface area contributed by atoms with Crippen LogP contribution in [-0.2, 0) is 5.60 Å². The van der Waals surface area contributed by atoms with E-state index in [-0.39, 0.29) is 0 Å². The third-order valence-electron chi connectivity index (χ3n) is 5.87. The average molecular weight is 371 g/mol. The van der Waals surface area contributed by atoms with Gasteiger partial charge in [0.15, 0.2) is 0 Å². The third kappa shape index (κ3) is 2.82. The zero-order valence-corrected chi connectivity index (χ0v) is 15.1. The monoisotopic (exact) mass is 371 g/mol. The van der Waals surface area contributed by atoms with Gasteiger partial charge in [-0.2, -0.15) is 0 Å². The van der Waals surface area contributed by atoms with Crippen molar-refractivity contribution in [3.05, 3.63) is 59.9 Å². The summed E-state index contributed by atoms with van der Waals surface area (Å²) in [5.41, 5.74) is 0.593. The molecule has 3 unspecified atom stereocenters. The van der Waals surface area contributed by atoms with Crippen LogP contribution in [0, 0.1) is 18.7 Å². The van der Waals surface area contributed by atoms with E-state index in [0.29, 0.717) is 17.6 Å². The number of hydrogen-bond donors (Lipinski definition) is 3. The topological polar surface area (TPSA) is 91.4 Å². The van der Waals surface area contributed by atoms with Gasteiger partial charge in [-0.15, -0.1) is 0 Å². The molecule has 0 amide bonds. The fourth-order valence-corrected chi connectivity index (χ4v) is 4.21. The molecule has 1 aliphatic rings. The van der Waals surface area contributed by atoms with Gasteiger partial charge >= 0.3 is 0 Å². The van der Waals surface area contributed by atoms with Gasteiger partial charge in [-0.3, -0.25) is 0 Å². The first-order chi connectivity index (χ1) is 12.8. The Morgan fingerprint density at radius 2 is 1.81 bits per heavy atom. The highest BCUT2D eigenvalue weighted by molar-refractivity contribution is 5.78. The first-order valence-electron chi connectivity index (χ1n) is 8.93. The van der Waals surface area contributed by atoms with Crippen LogP contribution in [-0.4, -0.2) is 42.1 Å². The average Bonchev–Trinajstić information content (AvgIpc) is 3.19. The summed E-state index contributed by atoms with van der Waals surface area (Å²) in [6.45, 7) is 3.47. The molecule has 0 spiro atoms. The van der Waals surface area contributed by atoms with Gasteiger partial charge in [0.2, 0.25) is 0 Å². The fourth-order valence-electron chi connectivity index (χ4n) is 4.21. The summed E-state index contributed by atoms with van der Waals surface area (Å²) < 4.78 is 15.1. The van der Waals surface area contributed by atoms with E-state index in [4.69, 9.17) is 0 Å². The predicted octanol–water partition coefficient (Wildman–Crippen LogP) is 2.07. The number of nitrogens with zero attached hydrogens (tertiary/aromatic N) is 3. The van der Waals surface area contributed by atoms with Crippen LogP contribution in [0.1, 0.15) is 30.6 Å². The minimum absolute atomic E-state index is 0.347. The van der Waals surface area contributed by atoms with E-state index < -0.39 is 35.6 Å². The number of aliphatic hydroxyl groups excluding tert-OH is 2. The highest BCUT2D eigenvalue weighted by atomic mass is 19.1. The van der Waals surface area contributed by atoms with Crippen molar-refractivity contribution >= 4 is 11.0 Å². The van der Waals surface area contributed by atoms with Crippen LogP contribution in [0.5, 0.6) is 0 Å². The van der Waals surface area contributed by atoms with Crippen molar-refractivity contribution in [1.82, 2.24) is 14.5 Å². The standard InChI is InChI=1S/C20H22FN3O3/c1-11-14-7-8-24(19(14)23-10-22-11)16-9-15(17(25)18(16)26)20(2,27)12-3-5-13(21)6-4-12/h3-8,10,15-18,25-27H,9H2,1-2H3/t15?,16?,17-,18+,20?/m1/s1. The first kappa shape index (κ1) is 18.0. The molecule has 7 heteroatoms. The molecule has 3 aromatic rings. The summed E-state index contributed by atoms with van der Waals surface area (Å²) in [5.74, 6) is -1.02. The number of rotatable bonds is 3. The highest BCUT2D eigenvalue weighted by Crippen LogP contribution is 2.45. The first-order valence-corrected chi connectivity index (χ1v) is 8.93. The van der Waals surface area contributed by atoms with E-state index in [1.165, 1.54) is 30.6 Å². The van der Waals surface area contributed by atoms with E-state index in [9.17, 15) is 19.7 Å². The third-order valence-corrected chi connectivity index (χ3v) is 5.87. The van der Waals surface area contributed by atoms with Crippen LogP contribution in [0.2, 0.25) is 0 Å². The van der Waals surface area contributed by atoms with Crippen molar-refractivity contribution in [3.8, 4) is 0 Å². The molecular formula is C20H22FN3O3. The lowest BCUT2D eigenvalue weighted by Gasteiger charge is -2.33. The lowest BCUT2D eigenvalue weighted by molar-refractivity contribution is -0.0752. The zero-order chi connectivity index (χ0) is 19.3. The van der Waals surface area contributed by atoms with Crippen molar-refractivity contribution in [3.63, 3.8) is 0 Å². The summed E-state index contributed by atoms with van der Waals surface area (Å²) in [6.07, 6.45) is 1.45. The molecule has 27 heavy (non-hydrogen) atoms. The number of fused-ring (bicyclic) bond motifs is 1. The molecule has 1 saturated carbocycles. The predicted molar refractivity (Wildman–Crippen MR) is 97.4 cm³/mol. The number of benzene rings is 1. The molecule has 0 saturated heterocycles. The van der Waals surface area contributed by atoms with E-state index in [2.05, 4.69) is 9.97 Å². The van der Waals surface area contributed by atoms with Crippen LogP contribution in [0.3, 0.4) is 0 Å². The van der Waals surface area contributed by atoms with Crippen molar-refractivity contribution in [2.24, 2.45) is 5.92 Å². The normalized spacial score (nSPS) is 27.8. The molecule has 0 bridgehead atoms. The molecule has 1 aliphatic carbocycles. The molecule has 0 radical (unpaired) electrons. The Morgan fingerprint density at radius 3 is 2.52 bits per heavy atom. The maximum Gasteiger partial charge on any atom is 0.143 e. The van der Waals surface area contributed by atoms with E-state index in [1.54, 1.807) is 6.92 Å². The minimum atomic E-state index is -1.42. The van der Waals surface area contributed by atoms with E-state index >= 15 is 0 Å². The van der Waals surface area contributed by atoms with E-state index in [0.717, 1.165) is 11.1 Å². The van der Waals surface area contributed by atoms with Crippen LogP contribution in [0.25, 0.3) is 11.0 Å². The van der Waals surface area contributed by atoms with Gasteiger partial charge in [0, 0.05) is 17.5 Å². The second kappa shape index (κ2) is 6.37. The van der Waals surface area contributed by atoms with Crippen molar-refractivity contribution in [1.29, 1.82) is 0 Å². The molecule has 5 atom stereocenters. The fraction of sp³-hybridized carbons (Fsp3) is 0.400. The Balaban J connectivity index is 1.70. The summed E-state index contributed by atoms with van der Waals surface area (Å²) in [4.78, 5) is 8.49. The minimum Gasteiger partial charge on any atom is -0.390 e. The lowest BCUT2D eigenvalue weighted by atomic mass is 9.80. The van der Waals surface area contributed by atoms with Gasteiger partial charge in [-0.1, -0.05) is 12.1 Å². The van der Waals surface area contributed by atoms with E-state index in [1.807, 2.05) is 23.8 Å². The summed E-state index contributed by atoms with van der Waals surface area (Å²) in [7, 11) is 0. The molecule has 4 rings (SSSR count). The molecule has 1 fully saturated rings. The maximum absolute atomic E-state index is 13.2. The van der Waals surface area contributed by atoms with Gasteiger partial charge in [0.1, 0.15) is 23.9 Å². The van der Waals surface area contributed by atoms with Crippen LogP contribution in [0.4, 0.5) is 4.39 Å². The largest absolute Gasteiger partial charge is 0.390 e. The highest BCUT2D eigenvalue weighted by Gasteiger charge is 2.50. The van der Waals surface area contributed by atoms with Crippen LogP contribution in [0.15, 0.2) is 42.9 Å². The van der Waals surface area contributed by atoms with Gasteiger partial charge in [-0.25, -0.2) is 14.4 Å². The molecule has 3 N–H and O–H groups in total. The Hall–Kier alpha value is -2.35. The SMILES string of the molecule is Cc1ncnc2c1ccn2C1CC(C(C)(O)c2ccc(F)cc2)[C@@H](O)[C@H]1O. The van der Waals surface area contributed by atoms with Gasteiger partial charge in [0.05, 0.1) is 23.4 Å². The second-order valence-electron chi connectivity index (χ2n) is 7.46. The molecule has 6 nitrogen and oxygen atoms in total. The number of aryl methyl sites for hydroxylation is 1. The Morgan fingerprint density at radius 1 is 1.11 bits per heavy atom. The summed E-state index contributed by atoms with van der Waals surface area (Å²) >= 11 is 0. The van der Waals surface area contributed by atoms with Gasteiger partial charge in [0.25, 0.3) is 0 Å². The molecule has 0 aliphatic heterocycles. The van der Waals surface area contributed by atoms with Crippen molar-refractivity contribution < 1.29 is 19.7 Å². The number of halogens is 1. The van der Waals surface area contributed by atoms with Crippen molar-refractivity contribution in [2.45, 2.75) is 44.1 Å². The molecule has 2 aromatic heterocycles. The summed E-state index contributed by atoms with van der Waals surface area (Å²) in [6, 6.07) is 7.00.